The van der Waals surface area contributed by atoms with E-state index in [1.54, 1.807) is 0 Å². The Labute approximate surface area is 95.4 Å². The summed E-state index contributed by atoms with van der Waals surface area (Å²) in [6, 6.07) is 0. The minimum Gasteiger partial charge on any atom is -0.330 e. The van der Waals surface area contributed by atoms with Gasteiger partial charge in [-0.25, -0.2) is 0 Å². The first-order chi connectivity index (χ1) is 7.11. The molecule has 0 bridgehead atoms. The van der Waals surface area contributed by atoms with Crippen molar-refractivity contribution in [1.82, 2.24) is 0 Å². The molecule has 1 heteroatoms. The summed E-state index contributed by atoms with van der Waals surface area (Å²) in [6.07, 6.45) is 10.3. The fraction of sp³-hybridized carbons (Fsp3) is 0.714. The summed E-state index contributed by atoms with van der Waals surface area (Å²) in [6.45, 7) is 9.74. The molecule has 0 aromatic heterocycles. The second-order valence-corrected chi connectivity index (χ2v) is 4.55. The van der Waals surface area contributed by atoms with Crippen LogP contribution < -0.4 is 5.73 Å². The number of allylic oxidation sites excluding steroid dienone is 4. The van der Waals surface area contributed by atoms with Crippen LogP contribution in [0, 0.1) is 11.8 Å². The molecule has 0 saturated heterocycles. The molecule has 0 amide bonds. The van der Waals surface area contributed by atoms with Gasteiger partial charge in [-0.3, -0.25) is 0 Å². The maximum Gasteiger partial charge on any atom is -0.00771 e. The van der Waals surface area contributed by atoms with Crippen LogP contribution in [-0.4, -0.2) is 6.54 Å². The molecule has 0 aromatic rings. The quantitative estimate of drug-likeness (QED) is 0.632. The van der Waals surface area contributed by atoms with Crippen molar-refractivity contribution in [3.8, 4) is 0 Å². The van der Waals surface area contributed by atoms with E-state index in [1.165, 1.54) is 12.0 Å². The largest absolute Gasteiger partial charge is 0.330 e. The third-order valence-corrected chi connectivity index (χ3v) is 2.48. The fourth-order valence-corrected chi connectivity index (χ4v) is 1.61. The van der Waals surface area contributed by atoms with Gasteiger partial charge >= 0.3 is 0 Å². The van der Waals surface area contributed by atoms with Gasteiger partial charge in [0.25, 0.3) is 0 Å². The van der Waals surface area contributed by atoms with Crippen molar-refractivity contribution in [3.63, 3.8) is 0 Å². The number of rotatable bonds is 7. The van der Waals surface area contributed by atoms with Crippen LogP contribution >= 0.6 is 0 Å². The van der Waals surface area contributed by atoms with Gasteiger partial charge in [0.2, 0.25) is 0 Å². The third-order valence-electron chi connectivity index (χ3n) is 2.48. The van der Waals surface area contributed by atoms with Crippen LogP contribution in [0.1, 0.15) is 47.0 Å². The molecule has 0 heterocycles. The molecule has 0 aliphatic rings. The first-order valence-electron chi connectivity index (χ1n) is 6.20. The van der Waals surface area contributed by atoms with E-state index in [0.717, 1.165) is 19.4 Å². The average Bonchev–Trinajstić information content (AvgIpc) is 2.20. The lowest BCUT2D eigenvalue weighted by Gasteiger charge is -2.13. The highest BCUT2D eigenvalue weighted by molar-refractivity contribution is 5.21. The van der Waals surface area contributed by atoms with Gasteiger partial charge < -0.3 is 5.73 Å². The lowest BCUT2D eigenvalue weighted by molar-refractivity contribution is 0.588. The molecule has 0 saturated carbocycles. The molecule has 0 aliphatic carbocycles. The van der Waals surface area contributed by atoms with E-state index < -0.39 is 0 Å². The Morgan fingerprint density at radius 3 is 2.40 bits per heavy atom. The molecular formula is C14H27N. The summed E-state index contributed by atoms with van der Waals surface area (Å²) in [5.74, 6) is 1.26. The summed E-state index contributed by atoms with van der Waals surface area (Å²) >= 11 is 0. The molecule has 0 spiro atoms. The average molecular weight is 209 g/mol. The predicted molar refractivity (Wildman–Crippen MR) is 69.8 cm³/mol. The molecule has 0 radical (unpaired) electrons. The van der Waals surface area contributed by atoms with Crippen molar-refractivity contribution in [2.45, 2.75) is 47.0 Å². The van der Waals surface area contributed by atoms with Gasteiger partial charge in [0.05, 0.1) is 0 Å². The molecule has 1 atom stereocenters. The van der Waals surface area contributed by atoms with Crippen molar-refractivity contribution in [1.29, 1.82) is 0 Å². The van der Waals surface area contributed by atoms with Crippen molar-refractivity contribution >= 4 is 0 Å². The van der Waals surface area contributed by atoms with E-state index in [9.17, 15) is 0 Å². The Kier molecular flexibility index (Phi) is 8.40. The van der Waals surface area contributed by atoms with Crippen molar-refractivity contribution in [2.75, 3.05) is 6.54 Å². The number of hydrogen-bond acceptors (Lipinski definition) is 1. The molecule has 15 heavy (non-hydrogen) atoms. The summed E-state index contributed by atoms with van der Waals surface area (Å²) in [4.78, 5) is 0. The van der Waals surface area contributed by atoms with E-state index in [4.69, 9.17) is 5.73 Å². The van der Waals surface area contributed by atoms with Crippen LogP contribution in [0.4, 0.5) is 0 Å². The normalized spacial score (nSPS) is 15.2. The second kappa shape index (κ2) is 8.72. The first-order valence-corrected chi connectivity index (χ1v) is 6.20. The van der Waals surface area contributed by atoms with E-state index in [2.05, 4.69) is 45.9 Å². The maximum atomic E-state index is 5.54. The standard InChI is InChI=1S/C14H27N/c1-5-6-9-14(11-12(2)3)13(4)8-7-10-15/h6,9,11-13H,5,7-8,10,15H2,1-4H3/b9-6-,14-11+. The summed E-state index contributed by atoms with van der Waals surface area (Å²) in [5.41, 5.74) is 7.01. The van der Waals surface area contributed by atoms with E-state index >= 15 is 0 Å². The zero-order valence-electron chi connectivity index (χ0n) is 10.8. The molecule has 0 rings (SSSR count). The second-order valence-electron chi connectivity index (χ2n) is 4.55. The molecule has 0 fully saturated rings. The van der Waals surface area contributed by atoms with E-state index in [0.29, 0.717) is 11.8 Å². The predicted octanol–water partition coefficient (Wildman–Crippen LogP) is 3.91. The van der Waals surface area contributed by atoms with Crippen LogP contribution in [0.5, 0.6) is 0 Å². The van der Waals surface area contributed by atoms with Gasteiger partial charge in [-0.2, -0.15) is 0 Å². The highest BCUT2D eigenvalue weighted by Gasteiger charge is 2.05. The van der Waals surface area contributed by atoms with Gasteiger partial charge in [-0.1, -0.05) is 45.9 Å². The van der Waals surface area contributed by atoms with Crippen molar-refractivity contribution in [3.05, 3.63) is 23.8 Å². The molecule has 0 aliphatic heterocycles. The van der Waals surface area contributed by atoms with Crippen LogP contribution in [0.2, 0.25) is 0 Å². The highest BCUT2D eigenvalue weighted by atomic mass is 14.5. The maximum absolute atomic E-state index is 5.54. The molecule has 2 N–H and O–H groups in total. The Morgan fingerprint density at radius 1 is 1.27 bits per heavy atom. The molecule has 1 nitrogen and oxygen atoms in total. The van der Waals surface area contributed by atoms with Crippen LogP contribution in [0.3, 0.4) is 0 Å². The van der Waals surface area contributed by atoms with Crippen molar-refractivity contribution in [2.24, 2.45) is 17.6 Å². The van der Waals surface area contributed by atoms with E-state index in [-0.39, 0.29) is 0 Å². The zero-order valence-corrected chi connectivity index (χ0v) is 10.8. The Bertz CT molecular complexity index is 201. The number of hydrogen-bond donors (Lipinski definition) is 1. The van der Waals surface area contributed by atoms with Gasteiger partial charge in [-0.15, -0.1) is 0 Å². The monoisotopic (exact) mass is 209 g/mol. The lowest BCUT2D eigenvalue weighted by Crippen LogP contribution is -2.04. The minimum atomic E-state index is 0.627. The summed E-state index contributed by atoms with van der Waals surface area (Å²) in [5, 5.41) is 0. The van der Waals surface area contributed by atoms with E-state index in [1.807, 2.05) is 0 Å². The lowest BCUT2D eigenvalue weighted by atomic mass is 9.93. The SMILES string of the molecule is CC/C=C\C(=C/C(C)C)C(C)CCCN. The fourth-order valence-electron chi connectivity index (χ4n) is 1.61. The molecule has 0 aromatic carbocycles. The van der Waals surface area contributed by atoms with Crippen LogP contribution in [0.25, 0.3) is 0 Å². The van der Waals surface area contributed by atoms with Crippen LogP contribution in [-0.2, 0) is 0 Å². The van der Waals surface area contributed by atoms with Crippen LogP contribution in [0.15, 0.2) is 23.8 Å². The topological polar surface area (TPSA) is 26.0 Å². The summed E-state index contributed by atoms with van der Waals surface area (Å²) < 4.78 is 0. The molecule has 88 valence electrons. The van der Waals surface area contributed by atoms with Gasteiger partial charge in [0.1, 0.15) is 0 Å². The zero-order chi connectivity index (χ0) is 11.7. The van der Waals surface area contributed by atoms with Crippen molar-refractivity contribution < 1.29 is 0 Å². The molecule has 1 unspecified atom stereocenters. The highest BCUT2D eigenvalue weighted by Crippen LogP contribution is 2.19. The summed E-state index contributed by atoms with van der Waals surface area (Å²) in [7, 11) is 0. The van der Waals surface area contributed by atoms with Gasteiger partial charge in [0, 0.05) is 0 Å². The van der Waals surface area contributed by atoms with Gasteiger partial charge in [-0.05, 0) is 43.2 Å². The third kappa shape index (κ3) is 7.38. The number of nitrogens with two attached hydrogens (primary N) is 1. The Morgan fingerprint density at radius 2 is 1.93 bits per heavy atom. The Hall–Kier alpha value is -0.560. The van der Waals surface area contributed by atoms with Gasteiger partial charge in [0.15, 0.2) is 0 Å². The molecular weight excluding hydrogens is 182 g/mol. The smallest absolute Gasteiger partial charge is 0.00771 e. The Balaban J connectivity index is 4.41. The first kappa shape index (κ1) is 14.4. The minimum absolute atomic E-state index is 0.627.